The third-order valence-electron chi connectivity index (χ3n) is 3.46. The zero-order valence-corrected chi connectivity index (χ0v) is 11.1. The molecule has 5 heteroatoms. The Morgan fingerprint density at radius 3 is 2.50 bits per heavy atom. The van der Waals surface area contributed by atoms with Gasteiger partial charge in [0, 0.05) is 6.42 Å². The maximum Gasteiger partial charge on any atom is 0.305 e. The summed E-state index contributed by atoms with van der Waals surface area (Å²) in [6, 6.07) is 4.93. The van der Waals surface area contributed by atoms with E-state index in [0.717, 1.165) is 6.42 Å². The minimum atomic E-state index is -0.998. The summed E-state index contributed by atoms with van der Waals surface area (Å²) in [4.78, 5) is 22.7. The van der Waals surface area contributed by atoms with Crippen LogP contribution in [0.15, 0.2) is 24.3 Å². The normalized spacial score (nSPS) is 15.7. The second kappa shape index (κ2) is 6.50. The molecule has 0 aromatic heterocycles. The van der Waals surface area contributed by atoms with Gasteiger partial charge in [-0.15, -0.1) is 0 Å². The molecule has 4 nitrogen and oxygen atoms in total. The third kappa shape index (κ3) is 4.64. The molecule has 2 rings (SSSR count). The molecule has 108 valence electrons. The number of carbonyl (C=O) groups is 2. The number of halogens is 1. The number of carboxylic acids is 1. The first-order valence-electron chi connectivity index (χ1n) is 6.81. The number of hydrogen-bond acceptors (Lipinski definition) is 2. The Balaban J connectivity index is 1.96. The van der Waals surface area contributed by atoms with Gasteiger partial charge in [0.05, 0.1) is 12.5 Å². The molecule has 20 heavy (non-hydrogen) atoms. The van der Waals surface area contributed by atoms with Crippen molar-refractivity contribution in [3.8, 4) is 0 Å². The smallest absolute Gasteiger partial charge is 0.305 e. The van der Waals surface area contributed by atoms with Crippen molar-refractivity contribution in [1.29, 1.82) is 0 Å². The summed E-state index contributed by atoms with van der Waals surface area (Å²) in [5.74, 6) is -0.873. The van der Waals surface area contributed by atoms with Crippen LogP contribution in [-0.2, 0) is 9.59 Å². The monoisotopic (exact) mass is 279 g/mol. The van der Waals surface area contributed by atoms with E-state index in [1.54, 1.807) is 0 Å². The maximum absolute atomic E-state index is 12.9. The Labute approximate surface area is 117 Å². The number of aliphatic carboxylic acids is 1. The average Bonchev–Trinajstić information content (AvgIpc) is 3.20. The van der Waals surface area contributed by atoms with Crippen molar-refractivity contribution in [2.45, 2.75) is 38.1 Å². The van der Waals surface area contributed by atoms with Crippen LogP contribution in [0.2, 0.25) is 0 Å². The summed E-state index contributed by atoms with van der Waals surface area (Å²) in [5, 5.41) is 11.6. The number of carboxylic acid groups (broad SMARTS) is 1. The van der Waals surface area contributed by atoms with Crippen LogP contribution in [-0.4, -0.2) is 17.0 Å². The fourth-order valence-electron chi connectivity index (χ4n) is 2.13. The second-order valence-electron chi connectivity index (χ2n) is 5.25. The highest BCUT2D eigenvalue weighted by Crippen LogP contribution is 2.33. The van der Waals surface area contributed by atoms with Crippen LogP contribution in [0.25, 0.3) is 0 Å². The Morgan fingerprint density at radius 1 is 1.30 bits per heavy atom. The summed E-state index contributed by atoms with van der Waals surface area (Å²) in [7, 11) is 0. The van der Waals surface area contributed by atoms with Gasteiger partial charge in [0.2, 0.25) is 5.91 Å². The van der Waals surface area contributed by atoms with E-state index in [-0.39, 0.29) is 18.1 Å². The quantitative estimate of drug-likeness (QED) is 0.806. The molecule has 0 heterocycles. The SMILES string of the molecule is O=C(O)CC(NC(=O)CCC1CC1)c1ccc(F)cc1. The van der Waals surface area contributed by atoms with Gasteiger partial charge in [-0.25, -0.2) is 4.39 Å². The number of rotatable bonds is 7. The van der Waals surface area contributed by atoms with E-state index in [1.807, 2.05) is 0 Å². The molecule has 0 radical (unpaired) electrons. The highest BCUT2D eigenvalue weighted by Gasteiger charge is 2.23. The molecule has 0 saturated heterocycles. The molecule has 1 saturated carbocycles. The summed E-state index contributed by atoms with van der Waals surface area (Å²) in [6.45, 7) is 0. The van der Waals surface area contributed by atoms with Gasteiger partial charge in [0.15, 0.2) is 0 Å². The van der Waals surface area contributed by atoms with Crippen LogP contribution < -0.4 is 5.32 Å². The van der Waals surface area contributed by atoms with Crippen molar-refractivity contribution in [2.24, 2.45) is 5.92 Å². The molecule has 2 N–H and O–H groups in total. The van der Waals surface area contributed by atoms with Gasteiger partial charge in [-0.3, -0.25) is 9.59 Å². The largest absolute Gasteiger partial charge is 0.481 e. The van der Waals surface area contributed by atoms with Gasteiger partial charge in [0.1, 0.15) is 5.82 Å². The van der Waals surface area contributed by atoms with Crippen molar-refractivity contribution in [1.82, 2.24) is 5.32 Å². The van der Waals surface area contributed by atoms with E-state index in [1.165, 1.54) is 37.1 Å². The predicted molar refractivity (Wildman–Crippen MR) is 71.5 cm³/mol. The fourth-order valence-corrected chi connectivity index (χ4v) is 2.13. The Kier molecular flexibility index (Phi) is 4.71. The van der Waals surface area contributed by atoms with E-state index < -0.39 is 12.0 Å². The molecule has 1 aliphatic rings. The topological polar surface area (TPSA) is 66.4 Å². The van der Waals surface area contributed by atoms with Crippen molar-refractivity contribution < 1.29 is 19.1 Å². The first kappa shape index (κ1) is 14.5. The maximum atomic E-state index is 12.9. The Bertz CT molecular complexity index is 482. The second-order valence-corrected chi connectivity index (χ2v) is 5.25. The summed E-state index contributed by atoms with van der Waals surface area (Å²) in [5.41, 5.74) is 0.605. The highest BCUT2D eigenvalue weighted by molar-refractivity contribution is 5.77. The molecule has 0 aliphatic heterocycles. The number of carbonyl (C=O) groups excluding carboxylic acids is 1. The summed E-state index contributed by atoms with van der Waals surface area (Å²) < 4.78 is 12.9. The molecule has 1 aliphatic carbocycles. The number of benzene rings is 1. The first-order valence-corrected chi connectivity index (χ1v) is 6.81. The molecule has 1 atom stereocenters. The molecule has 0 bridgehead atoms. The first-order chi connectivity index (χ1) is 9.54. The lowest BCUT2D eigenvalue weighted by Gasteiger charge is -2.17. The third-order valence-corrected chi connectivity index (χ3v) is 3.46. The molecular weight excluding hydrogens is 261 g/mol. The van der Waals surface area contributed by atoms with Gasteiger partial charge in [0.25, 0.3) is 0 Å². The fraction of sp³-hybridized carbons (Fsp3) is 0.467. The van der Waals surface area contributed by atoms with Gasteiger partial charge < -0.3 is 10.4 Å². The molecule has 1 fully saturated rings. The van der Waals surface area contributed by atoms with Crippen LogP contribution in [0.4, 0.5) is 4.39 Å². The van der Waals surface area contributed by atoms with E-state index >= 15 is 0 Å². The van der Waals surface area contributed by atoms with Gasteiger partial charge in [-0.1, -0.05) is 25.0 Å². The Morgan fingerprint density at radius 2 is 1.95 bits per heavy atom. The Hall–Kier alpha value is -1.91. The minimum absolute atomic E-state index is 0.146. The van der Waals surface area contributed by atoms with Crippen molar-refractivity contribution in [3.05, 3.63) is 35.6 Å². The standard InChI is InChI=1S/C15H18FNO3/c16-12-6-4-11(5-7-12)13(9-15(19)20)17-14(18)8-3-10-1-2-10/h4-7,10,13H,1-3,8-9H2,(H,17,18)(H,19,20). The molecule has 1 unspecified atom stereocenters. The van der Waals surface area contributed by atoms with Gasteiger partial charge >= 0.3 is 5.97 Å². The van der Waals surface area contributed by atoms with E-state index in [4.69, 9.17) is 5.11 Å². The van der Waals surface area contributed by atoms with Crippen LogP contribution in [0, 0.1) is 11.7 Å². The van der Waals surface area contributed by atoms with Crippen LogP contribution >= 0.6 is 0 Å². The zero-order chi connectivity index (χ0) is 14.5. The summed E-state index contributed by atoms with van der Waals surface area (Å²) >= 11 is 0. The van der Waals surface area contributed by atoms with E-state index in [2.05, 4.69) is 5.32 Å². The number of amides is 1. The summed E-state index contributed by atoms with van der Waals surface area (Å²) in [6.07, 6.45) is 3.44. The predicted octanol–water partition coefficient (Wildman–Crippen LogP) is 2.65. The van der Waals surface area contributed by atoms with Crippen molar-refractivity contribution >= 4 is 11.9 Å². The number of hydrogen-bond donors (Lipinski definition) is 2. The van der Waals surface area contributed by atoms with Crippen LogP contribution in [0.5, 0.6) is 0 Å². The molecule has 1 aromatic rings. The van der Waals surface area contributed by atoms with E-state index in [0.29, 0.717) is 17.9 Å². The van der Waals surface area contributed by atoms with E-state index in [9.17, 15) is 14.0 Å². The zero-order valence-electron chi connectivity index (χ0n) is 11.1. The molecule has 0 spiro atoms. The average molecular weight is 279 g/mol. The van der Waals surface area contributed by atoms with Crippen molar-refractivity contribution in [3.63, 3.8) is 0 Å². The van der Waals surface area contributed by atoms with Crippen LogP contribution in [0.1, 0.15) is 43.7 Å². The molecule has 1 amide bonds. The lowest BCUT2D eigenvalue weighted by Crippen LogP contribution is -2.30. The van der Waals surface area contributed by atoms with Gasteiger partial charge in [-0.05, 0) is 30.0 Å². The van der Waals surface area contributed by atoms with Crippen molar-refractivity contribution in [2.75, 3.05) is 0 Å². The molecular formula is C15H18FNO3. The lowest BCUT2D eigenvalue weighted by atomic mass is 10.0. The molecule has 1 aromatic carbocycles. The minimum Gasteiger partial charge on any atom is -0.481 e. The lowest BCUT2D eigenvalue weighted by molar-refractivity contribution is -0.137. The van der Waals surface area contributed by atoms with Crippen LogP contribution in [0.3, 0.4) is 0 Å². The van der Waals surface area contributed by atoms with Gasteiger partial charge in [-0.2, -0.15) is 0 Å². The number of nitrogens with one attached hydrogen (secondary N) is 1. The highest BCUT2D eigenvalue weighted by atomic mass is 19.1.